The van der Waals surface area contributed by atoms with Crippen LogP contribution in [0.2, 0.25) is 0 Å². The fraction of sp³-hybridized carbons (Fsp3) is 0.286. The van der Waals surface area contributed by atoms with Crippen LogP contribution in [0.3, 0.4) is 0 Å². The minimum Gasteiger partial charge on any atom is -0.494 e. The van der Waals surface area contributed by atoms with Gasteiger partial charge in [-0.25, -0.2) is 4.39 Å². The number of carbonyl (C=O) groups is 1. The van der Waals surface area contributed by atoms with Gasteiger partial charge < -0.3 is 15.8 Å². The smallest absolute Gasteiger partial charge is 0.246 e. The third kappa shape index (κ3) is 3.13. The van der Waals surface area contributed by atoms with Gasteiger partial charge in [-0.15, -0.1) is 0 Å². The first-order valence-electron chi connectivity index (χ1n) is 6.35. The zero-order valence-electron chi connectivity index (χ0n) is 12.1. The number of hydrogen-bond donors (Lipinski definition) is 2. The summed E-state index contributed by atoms with van der Waals surface area (Å²) in [6, 6.07) is 4.22. The van der Waals surface area contributed by atoms with Crippen molar-refractivity contribution in [2.75, 3.05) is 18.2 Å². The van der Waals surface area contributed by atoms with Crippen LogP contribution in [0.1, 0.15) is 11.4 Å². The number of amides is 1. The summed E-state index contributed by atoms with van der Waals surface area (Å²) in [5.41, 5.74) is 8.13. The molecule has 1 amide bonds. The van der Waals surface area contributed by atoms with Crippen molar-refractivity contribution in [3.05, 3.63) is 35.4 Å². The number of nitrogen functional groups attached to an aromatic ring is 1. The maximum Gasteiger partial charge on any atom is 0.246 e. The number of anilines is 2. The average Bonchev–Trinajstić information content (AvgIpc) is 2.66. The van der Waals surface area contributed by atoms with Gasteiger partial charge in [0.2, 0.25) is 5.91 Å². The summed E-state index contributed by atoms with van der Waals surface area (Å²) in [7, 11) is 1.38. The maximum atomic E-state index is 13.5. The number of nitrogens with one attached hydrogen (secondary N) is 1. The number of aryl methyl sites for hydroxylation is 1. The van der Waals surface area contributed by atoms with Gasteiger partial charge in [0, 0.05) is 11.8 Å². The Kier molecular flexibility index (Phi) is 4.11. The highest BCUT2D eigenvalue weighted by Crippen LogP contribution is 2.21. The van der Waals surface area contributed by atoms with E-state index in [1.54, 1.807) is 19.9 Å². The molecule has 0 spiro atoms. The zero-order valence-corrected chi connectivity index (χ0v) is 12.1. The van der Waals surface area contributed by atoms with Gasteiger partial charge in [0.25, 0.3) is 0 Å². The molecule has 0 aliphatic heterocycles. The van der Waals surface area contributed by atoms with Gasteiger partial charge in [0.05, 0.1) is 24.2 Å². The number of halogens is 1. The lowest BCUT2D eigenvalue weighted by atomic mass is 10.3. The standard InChI is InChI=1S/C14H17FN4O2/c1-8-14(16)9(2)19(18-8)7-13(20)17-10-4-5-12(21-3)11(15)6-10/h4-6H,7,16H2,1-3H3,(H,17,20). The van der Waals surface area contributed by atoms with E-state index in [1.807, 2.05) is 0 Å². The van der Waals surface area contributed by atoms with Crippen LogP contribution in [0, 0.1) is 19.7 Å². The SMILES string of the molecule is COc1ccc(NC(=O)Cn2nc(C)c(N)c2C)cc1F. The van der Waals surface area contributed by atoms with Gasteiger partial charge >= 0.3 is 0 Å². The van der Waals surface area contributed by atoms with Gasteiger partial charge in [-0.1, -0.05) is 0 Å². The Morgan fingerprint density at radius 3 is 2.71 bits per heavy atom. The van der Waals surface area contributed by atoms with E-state index in [9.17, 15) is 9.18 Å². The lowest BCUT2D eigenvalue weighted by Crippen LogP contribution is -2.20. The van der Waals surface area contributed by atoms with Crippen molar-refractivity contribution in [1.82, 2.24) is 9.78 Å². The largest absolute Gasteiger partial charge is 0.494 e. The van der Waals surface area contributed by atoms with Crippen molar-refractivity contribution >= 4 is 17.3 Å². The summed E-state index contributed by atoms with van der Waals surface area (Å²) in [6.45, 7) is 3.57. The summed E-state index contributed by atoms with van der Waals surface area (Å²) >= 11 is 0. The molecule has 21 heavy (non-hydrogen) atoms. The summed E-state index contributed by atoms with van der Waals surface area (Å²) in [5, 5.41) is 6.78. The molecule has 1 aromatic heterocycles. The second-order valence-electron chi connectivity index (χ2n) is 4.64. The number of nitrogens with two attached hydrogens (primary N) is 1. The van der Waals surface area contributed by atoms with Crippen molar-refractivity contribution in [3.63, 3.8) is 0 Å². The Labute approximate surface area is 121 Å². The molecule has 112 valence electrons. The van der Waals surface area contributed by atoms with E-state index in [-0.39, 0.29) is 18.2 Å². The van der Waals surface area contributed by atoms with Crippen LogP contribution < -0.4 is 15.8 Å². The molecule has 1 aromatic carbocycles. The highest BCUT2D eigenvalue weighted by Gasteiger charge is 2.12. The van der Waals surface area contributed by atoms with E-state index in [0.717, 1.165) is 5.69 Å². The van der Waals surface area contributed by atoms with Crippen LogP contribution in [0.5, 0.6) is 5.75 Å². The molecule has 2 aromatic rings. The molecule has 2 rings (SSSR count). The van der Waals surface area contributed by atoms with Crippen molar-refractivity contribution in [1.29, 1.82) is 0 Å². The molecule has 6 nitrogen and oxygen atoms in total. The second kappa shape index (κ2) is 5.82. The monoisotopic (exact) mass is 292 g/mol. The fourth-order valence-electron chi connectivity index (χ4n) is 1.95. The molecule has 0 aliphatic carbocycles. The summed E-state index contributed by atoms with van der Waals surface area (Å²) < 4.78 is 19.9. The Bertz CT molecular complexity index is 682. The van der Waals surface area contributed by atoms with Crippen LogP contribution in [0.25, 0.3) is 0 Å². The number of rotatable bonds is 4. The molecule has 7 heteroatoms. The summed E-state index contributed by atoms with van der Waals surface area (Å²) in [4.78, 5) is 12.0. The Hall–Kier alpha value is -2.57. The number of hydrogen-bond acceptors (Lipinski definition) is 4. The summed E-state index contributed by atoms with van der Waals surface area (Å²) in [6.07, 6.45) is 0. The molecule has 0 unspecified atom stereocenters. The van der Waals surface area contributed by atoms with Crippen molar-refractivity contribution in [2.24, 2.45) is 0 Å². The molecular weight excluding hydrogens is 275 g/mol. The summed E-state index contributed by atoms with van der Waals surface area (Å²) in [5.74, 6) is -0.727. The van der Waals surface area contributed by atoms with E-state index in [0.29, 0.717) is 17.1 Å². The van der Waals surface area contributed by atoms with Gasteiger partial charge in [-0.05, 0) is 26.0 Å². The number of benzene rings is 1. The molecule has 0 bridgehead atoms. The Morgan fingerprint density at radius 2 is 2.19 bits per heavy atom. The van der Waals surface area contributed by atoms with Gasteiger partial charge in [0.1, 0.15) is 6.54 Å². The molecule has 0 saturated carbocycles. The minimum absolute atomic E-state index is 0.0114. The van der Waals surface area contributed by atoms with E-state index >= 15 is 0 Å². The third-order valence-corrected chi connectivity index (χ3v) is 3.17. The van der Waals surface area contributed by atoms with Gasteiger partial charge in [0.15, 0.2) is 11.6 Å². The van der Waals surface area contributed by atoms with Crippen LogP contribution in [-0.4, -0.2) is 22.8 Å². The Morgan fingerprint density at radius 1 is 1.48 bits per heavy atom. The normalized spacial score (nSPS) is 10.5. The average molecular weight is 292 g/mol. The predicted molar refractivity (Wildman–Crippen MR) is 77.7 cm³/mol. The molecule has 0 aliphatic rings. The van der Waals surface area contributed by atoms with Crippen molar-refractivity contribution in [3.8, 4) is 5.75 Å². The second-order valence-corrected chi connectivity index (χ2v) is 4.64. The van der Waals surface area contributed by atoms with Gasteiger partial charge in [-0.2, -0.15) is 5.10 Å². The van der Waals surface area contributed by atoms with Crippen molar-refractivity contribution in [2.45, 2.75) is 20.4 Å². The van der Waals surface area contributed by atoms with E-state index in [2.05, 4.69) is 10.4 Å². The van der Waals surface area contributed by atoms with Gasteiger partial charge in [-0.3, -0.25) is 9.48 Å². The zero-order chi connectivity index (χ0) is 15.6. The quantitative estimate of drug-likeness (QED) is 0.901. The first-order chi connectivity index (χ1) is 9.92. The number of nitrogens with zero attached hydrogens (tertiary/aromatic N) is 2. The molecule has 1 heterocycles. The number of methoxy groups -OCH3 is 1. The lowest BCUT2D eigenvalue weighted by molar-refractivity contribution is -0.116. The Balaban J connectivity index is 2.08. The maximum absolute atomic E-state index is 13.5. The number of ether oxygens (including phenoxy) is 1. The van der Waals surface area contributed by atoms with E-state index in [1.165, 1.54) is 23.9 Å². The molecule has 0 saturated heterocycles. The van der Waals surface area contributed by atoms with E-state index in [4.69, 9.17) is 10.5 Å². The van der Waals surface area contributed by atoms with Crippen LogP contribution in [-0.2, 0) is 11.3 Å². The molecule has 0 fully saturated rings. The molecular formula is C14H17FN4O2. The minimum atomic E-state index is -0.536. The van der Waals surface area contributed by atoms with Crippen LogP contribution in [0.4, 0.5) is 15.8 Å². The predicted octanol–water partition coefficient (Wildman–Crippen LogP) is 1.87. The van der Waals surface area contributed by atoms with Crippen molar-refractivity contribution < 1.29 is 13.9 Å². The van der Waals surface area contributed by atoms with E-state index < -0.39 is 5.82 Å². The molecule has 3 N–H and O–H groups in total. The third-order valence-electron chi connectivity index (χ3n) is 3.17. The van der Waals surface area contributed by atoms with Crippen LogP contribution >= 0.6 is 0 Å². The molecule has 0 atom stereocenters. The number of carbonyl (C=O) groups excluding carboxylic acids is 1. The molecule has 0 radical (unpaired) electrons. The number of aromatic nitrogens is 2. The lowest BCUT2D eigenvalue weighted by Gasteiger charge is -2.08. The first kappa shape index (κ1) is 14.8. The highest BCUT2D eigenvalue weighted by molar-refractivity contribution is 5.90. The topological polar surface area (TPSA) is 82.2 Å². The highest BCUT2D eigenvalue weighted by atomic mass is 19.1. The first-order valence-corrected chi connectivity index (χ1v) is 6.35. The fourth-order valence-corrected chi connectivity index (χ4v) is 1.95. The van der Waals surface area contributed by atoms with Crippen LogP contribution in [0.15, 0.2) is 18.2 Å².